The number of aryl methyl sites for hydroxylation is 1. The van der Waals surface area contributed by atoms with E-state index in [0.29, 0.717) is 12.5 Å². The number of hydrogen-bond acceptors (Lipinski definition) is 4. The Bertz CT molecular complexity index is 374. The lowest BCUT2D eigenvalue weighted by atomic mass is 10.3. The lowest BCUT2D eigenvalue weighted by Gasteiger charge is -2.04. The Morgan fingerprint density at radius 3 is 3.06 bits per heavy atom. The summed E-state index contributed by atoms with van der Waals surface area (Å²) < 4.78 is 0. The quantitative estimate of drug-likeness (QED) is 0.726. The Balaban J connectivity index is 1.49. The summed E-state index contributed by atoms with van der Waals surface area (Å²) in [5.74, 6) is 0.193. The smallest absolute Gasteiger partial charge is 0.220 e. The summed E-state index contributed by atoms with van der Waals surface area (Å²) in [6.45, 7) is 3.68. The van der Waals surface area contributed by atoms with Crippen molar-refractivity contribution in [1.29, 1.82) is 0 Å². The number of hydrogen-bond donors (Lipinski definition) is 2. The fourth-order valence-electron chi connectivity index (χ4n) is 1.61. The zero-order valence-corrected chi connectivity index (χ0v) is 11.0. The third-order valence-corrected chi connectivity index (χ3v) is 3.49. The van der Waals surface area contributed by atoms with Crippen LogP contribution in [-0.2, 0) is 11.3 Å². The molecule has 0 bridgehead atoms. The van der Waals surface area contributed by atoms with Crippen LogP contribution in [0.3, 0.4) is 0 Å². The Kier molecular flexibility index (Phi) is 4.50. The van der Waals surface area contributed by atoms with Crippen molar-refractivity contribution >= 4 is 17.2 Å². The highest BCUT2D eigenvalue weighted by Crippen LogP contribution is 2.18. The normalized spacial score (nSPS) is 14.9. The van der Waals surface area contributed by atoms with Crippen LogP contribution in [0.25, 0.3) is 0 Å². The molecular weight excluding hydrogens is 234 g/mol. The van der Waals surface area contributed by atoms with Crippen molar-refractivity contribution in [2.24, 2.45) is 0 Å². The van der Waals surface area contributed by atoms with Gasteiger partial charge in [0.1, 0.15) is 0 Å². The van der Waals surface area contributed by atoms with Crippen LogP contribution in [0.5, 0.6) is 0 Å². The summed E-state index contributed by atoms with van der Waals surface area (Å²) >= 11 is 1.67. The Morgan fingerprint density at radius 2 is 2.41 bits per heavy atom. The van der Waals surface area contributed by atoms with Gasteiger partial charge in [0.25, 0.3) is 0 Å². The molecule has 94 valence electrons. The molecule has 1 fully saturated rings. The molecule has 0 saturated heterocycles. The first-order chi connectivity index (χ1) is 8.24. The lowest BCUT2D eigenvalue weighted by molar-refractivity contribution is -0.121. The van der Waals surface area contributed by atoms with Gasteiger partial charge in [0.2, 0.25) is 5.91 Å². The molecule has 0 radical (unpaired) electrons. The molecule has 1 aliphatic carbocycles. The van der Waals surface area contributed by atoms with E-state index < -0.39 is 0 Å². The second-order valence-corrected chi connectivity index (χ2v) is 5.54. The van der Waals surface area contributed by atoms with Crippen LogP contribution in [0.1, 0.15) is 36.4 Å². The van der Waals surface area contributed by atoms with Crippen molar-refractivity contribution in [2.45, 2.75) is 45.2 Å². The Morgan fingerprint density at radius 1 is 1.59 bits per heavy atom. The van der Waals surface area contributed by atoms with Crippen LogP contribution in [0.15, 0.2) is 5.38 Å². The van der Waals surface area contributed by atoms with E-state index in [1.54, 1.807) is 11.3 Å². The van der Waals surface area contributed by atoms with Gasteiger partial charge < -0.3 is 10.6 Å². The predicted molar refractivity (Wildman–Crippen MR) is 69.0 cm³/mol. The van der Waals surface area contributed by atoms with Crippen LogP contribution in [0.2, 0.25) is 0 Å². The van der Waals surface area contributed by atoms with Gasteiger partial charge >= 0.3 is 0 Å². The highest BCUT2D eigenvalue weighted by Gasteiger charge is 2.22. The van der Waals surface area contributed by atoms with Crippen LogP contribution in [0, 0.1) is 6.92 Å². The fourth-order valence-corrected chi connectivity index (χ4v) is 2.22. The topological polar surface area (TPSA) is 54.0 Å². The van der Waals surface area contributed by atoms with E-state index in [2.05, 4.69) is 21.0 Å². The number of aromatic nitrogens is 1. The minimum atomic E-state index is 0.193. The van der Waals surface area contributed by atoms with Crippen molar-refractivity contribution in [3.8, 4) is 0 Å². The highest BCUT2D eigenvalue weighted by atomic mass is 32.1. The van der Waals surface area contributed by atoms with E-state index in [4.69, 9.17) is 0 Å². The molecular formula is C12H19N3OS. The zero-order valence-electron chi connectivity index (χ0n) is 10.2. The van der Waals surface area contributed by atoms with E-state index in [1.807, 2.05) is 6.92 Å². The zero-order chi connectivity index (χ0) is 12.1. The van der Waals surface area contributed by atoms with Gasteiger partial charge in [-0.25, -0.2) is 4.98 Å². The summed E-state index contributed by atoms with van der Waals surface area (Å²) in [7, 11) is 0. The average molecular weight is 253 g/mol. The molecule has 0 aromatic carbocycles. The van der Waals surface area contributed by atoms with Gasteiger partial charge in [-0.2, -0.15) is 0 Å². The molecule has 0 aliphatic heterocycles. The molecule has 1 amide bonds. The van der Waals surface area contributed by atoms with Gasteiger partial charge in [0, 0.05) is 24.4 Å². The number of amides is 1. The lowest BCUT2D eigenvalue weighted by Crippen LogP contribution is -2.26. The van der Waals surface area contributed by atoms with E-state index in [-0.39, 0.29) is 5.91 Å². The van der Waals surface area contributed by atoms with Gasteiger partial charge in [0.05, 0.1) is 10.7 Å². The summed E-state index contributed by atoms with van der Waals surface area (Å²) in [6, 6.07) is 0.480. The molecule has 0 spiro atoms. The molecule has 0 atom stereocenters. The monoisotopic (exact) mass is 253 g/mol. The van der Waals surface area contributed by atoms with Crippen molar-refractivity contribution in [3.63, 3.8) is 0 Å². The molecule has 1 aromatic heterocycles. The van der Waals surface area contributed by atoms with Gasteiger partial charge in [-0.05, 0) is 32.7 Å². The minimum absolute atomic E-state index is 0.193. The van der Waals surface area contributed by atoms with E-state index in [9.17, 15) is 4.79 Å². The largest absolute Gasteiger partial charge is 0.353 e. The molecule has 1 aromatic rings. The van der Waals surface area contributed by atoms with E-state index >= 15 is 0 Å². The average Bonchev–Trinajstić information content (AvgIpc) is 3.00. The summed E-state index contributed by atoms with van der Waals surface area (Å²) in [6.07, 6.45) is 3.83. The van der Waals surface area contributed by atoms with Crippen LogP contribution >= 0.6 is 11.3 Å². The molecule has 1 heterocycles. The van der Waals surface area contributed by atoms with Crippen molar-refractivity contribution in [3.05, 3.63) is 16.1 Å². The summed E-state index contributed by atoms with van der Waals surface area (Å²) in [5, 5.41) is 9.47. The fraction of sp³-hybridized carbons (Fsp3) is 0.667. The molecule has 4 nitrogen and oxygen atoms in total. The third kappa shape index (κ3) is 4.83. The summed E-state index contributed by atoms with van der Waals surface area (Å²) in [4.78, 5) is 15.7. The molecule has 1 aliphatic rings. The van der Waals surface area contributed by atoms with Gasteiger partial charge in [-0.15, -0.1) is 11.3 Å². The minimum Gasteiger partial charge on any atom is -0.353 e. The van der Waals surface area contributed by atoms with Gasteiger partial charge in [-0.3, -0.25) is 4.79 Å². The number of thiazole rings is 1. The van der Waals surface area contributed by atoms with E-state index in [1.165, 1.54) is 0 Å². The highest BCUT2D eigenvalue weighted by molar-refractivity contribution is 7.09. The van der Waals surface area contributed by atoms with E-state index in [0.717, 1.165) is 43.1 Å². The molecule has 0 unspecified atom stereocenters. The SMILES string of the molecule is Cc1nc(CNCCCC(=O)NC2CC2)cs1. The second-order valence-electron chi connectivity index (χ2n) is 4.48. The van der Waals surface area contributed by atoms with Crippen molar-refractivity contribution in [2.75, 3.05) is 6.54 Å². The first kappa shape index (κ1) is 12.5. The number of carbonyl (C=O) groups is 1. The number of nitrogens with zero attached hydrogens (tertiary/aromatic N) is 1. The number of nitrogens with one attached hydrogen (secondary N) is 2. The molecule has 17 heavy (non-hydrogen) atoms. The van der Waals surface area contributed by atoms with Gasteiger partial charge in [0.15, 0.2) is 0 Å². The Labute approximate surface area is 106 Å². The first-order valence-electron chi connectivity index (χ1n) is 6.15. The molecule has 2 N–H and O–H groups in total. The predicted octanol–water partition coefficient (Wildman–Crippen LogP) is 1.60. The number of rotatable bonds is 7. The molecule has 5 heteroatoms. The maximum Gasteiger partial charge on any atom is 0.220 e. The standard InChI is InChI=1S/C12H19N3OS/c1-9-14-11(8-17-9)7-13-6-2-3-12(16)15-10-4-5-10/h8,10,13H,2-7H2,1H3,(H,15,16). The van der Waals surface area contributed by atoms with Gasteiger partial charge in [-0.1, -0.05) is 0 Å². The van der Waals surface area contributed by atoms with Crippen molar-refractivity contribution in [1.82, 2.24) is 15.6 Å². The van der Waals surface area contributed by atoms with Crippen LogP contribution in [-0.4, -0.2) is 23.5 Å². The molecule has 1 saturated carbocycles. The number of carbonyl (C=O) groups excluding carboxylic acids is 1. The maximum atomic E-state index is 11.4. The first-order valence-corrected chi connectivity index (χ1v) is 7.03. The Hall–Kier alpha value is -0.940. The molecule has 2 rings (SSSR count). The van der Waals surface area contributed by atoms with Crippen LogP contribution < -0.4 is 10.6 Å². The second kappa shape index (κ2) is 6.12. The third-order valence-electron chi connectivity index (χ3n) is 2.67. The summed E-state index contributed by atoms with van der Waals surface area (Å²) in [5.41, 5.74) is 1.09. The van der Waals surface area contributed by atoms with Crippen LogP contribution in [0.4, 0.5) is 0 Å². The maximum absolute atomic E-state index is 11.4. The van der Waals surface area contributed by atoms with Crippen molar-refractivity contribution < 1.29 is 4.79 Å².